The maximum atomic E-state index is 15.7. The Labute approximate surface area is 347 Å². The monoisotopic (exact) mass is 814 g/mol. The topological polar surface area (TPSA) is 38.0 Å². The van der Waals surface area contributed by atoms with Crippen molar-refractivity contribution in [2.45, 2.75) is 6.18 Å². The number of hydrogen-bond donors (Lipinski definition) is 0. The number of hydrogen-bond acceptors (Lipinski definition) is 3. The molecule has 4 nitrogen and oxygen atoms in total. The van der Waals surface area contributed by atoms with Crippen molar-refractivity contribution in [2.24, 2.45) is 0 Å². The number of fused-ring (bicyclic) bond motifs is 14. The van der Waals surface area contributed by atoms with Crippen molar-refractivity contribution in [3.63, 3.8) is 0 Å². The molecular formula is C51H25F3N4S2. The van der Waals surface area contributed by atoms with E-state index >= 15 is 13.2 Å². The van der Waals surface area contributed by atoms with Gasteiger partial charge in [-0.25, -0.2) is 4.85 Å². The van der Waals surface area contributed by atoms with Crippen LogP contribution >= 0.6 is 22.7 Å². The molecule has 0 spiro atoms. The van der Waals surface area contributed by atoms with Crippen LogP contribution in [-0.4, -0.2) is 9.13 Å². The van der Waals surface area contributed by atoms with Gasteiger partial charge in [0.15, 0.2) is 5.69 Å². The third-order valence-corrected chi connectivity index (χ3v) is 14.0. The SMILES string of the molecule is [C-]#[N+]c1cccc(C(F)(F)F)c1-c1c(-n2c3ccccc3c3ccc4sc5ccccc5c4c32)cc(C#N)cc1-n1c2ccccc2c2ccc3sc4ccccc4c3c21. The third-order valence-electron chi connectivity index (χ3n) is 11.8. The van der Waals surface area contributed by atoms with E-state index in [0.29, 0.717) is 11.4 Å². The van der Waals surface area contributed by atoms with Crippen LogP contribution in [0.1, 0.15) is 11.1 Å². The molecule has 282 valence electrons. The second kappa shape index (κ2) is 12.5. The molecule has 0 fully saturated rings. The summed E-state index contributed by atoms with van der Waals surface area (Å²) < 4.78 is 55.3. The van der Waals surface area contributed by atoms with Crippen LogP contribution in [0, 0.1) is 17.9 Å². The molecule has 0 bridgehead atoms. The molecule has 9 heteroatoms. The van der Waals surface area contributed by atoms with Crippen LogP contribution in [-0.2, 0) is 6.18 Å². The smallest absolute Gasteiger partial charge is 0.308 e. The molecule has 8 aromatic carbocycles. The largest absolute Gasteiger partial charge is 0.415 e. The van der Waals surface area contributed by atoms with Crippen molar-refractivity contribution in [1.82, 2.24) is 9.13 Å². The van der Waals surface area contributed by atoms with Crippen molar-refractivity contribution in [3.05, 3.63) is 174 Å². The van der Waals surface area contributed by atoms with Crippen molar-refractivity contribution >= 4 is 112 Å². The predicted molar refractivity (Wildman–Crippen MR) is 242 cm³/mol. The molecule has 0 radical (unpaired) electrons. The molecule has 0 atom stereocenters. The average molecular weight is 815 g/mol. The number of halogens is 3. The molecule has 12 rings (SSSR count). The van der Waals surface area contributed by atoms with Gasteiger partial charge in [0, 0.05) is 73.0 Å². The van der Waals surface area contributed by atoms with Crippen molar-refractivity contribution in [2.75, 3.05) is 0 Å². The molecular weight excluding hydrogens is 790 g/mol. The summed E-state index contributed by atoms with van der Waals surface area (Å²) in [6.07, 6.45) is -4.83. The Balaban J connectivity index is 1.38. The van der Waals surface area contributed by atoms with Gasteiger partial charge in [-0.3, -0.25) is 0 Å². The lowest BCUT2D eigenvalue weighted by atomic mass is 9.92. The Morgan fingerprint density at radius 1 is 0.517 bits per heavy atom. The van der Waals surface area contributed by atoms with Gasteiger partial charge in [0.25, 0.3) is 0 Å². The molecule has 0 aliphatic rings. The normalized spacial score (nSPS) is 12.2. The molecule has 0 unspecified atom stereocenters. The molecule has 0 saturated heterocycles. The van der Waals surface area contributed by atoms with Gasteiger partial charge < -0.3 is 9.13 Å². The Morgan fingerprint density at radius 3 is 1.48 bits per heavy atom. The molecule has 60 heavy (non-hydrogen) atoms. The van der Waals surface area contributed by atoms with Crippen LogP contribution in [0.25, 0.3) is 111 Å². The van der Waals surface area contributed by atoms with Crippen LogP contribution in [0.15, 0.2) is 152 Å². The van der Waals surface area contributed by atoms with E-state index in [9.17, 15) is 5.26 Å². The van der Waals surface area contributed by atoms with E-state index in [1.807, 2.05) is 81.9 Å². The van der Waals surface area contributed by atoms with Crippen LogP contribution in [0.3, 0.4) is 0 Å². The van der Waals surface area contributed by atoms with E-state index in [4.69, 9.17) is 6.57 Å². The number of aromatic nitrogens is 2. The molecule has 0 saturated carbocycles. The van der Waals surface area contributed by atoms with E-state index in [-0.39, 0.29) is 22.4 Å². The fourth-order valence-electron chi connectivity index (χ4n) is 9.45. The number of alkyl halides is 3. The van der Waals surface area contributed by atoms with Crippen molar-refractivity contribution < 1.29 is 13.2 Å². The van der Waals surface area contributed by atoms with Crippen LogP contribution in [0.2, 0.25) is 0 Å². The predicted octanol–water partition coefficient (Wildman–Crippen LogP) is 15.7. The second-order valence-corrected chi connectivity index (χ2v) is 17.0. The molecule has 4 heterocycles. The first-order valence-corrected chi connectivity index (χ1v) is 20.8. The molecule has 12 aromatic rings. The van der Waals surface area contributed by atoms with Gasteiger partial charge in [-0.15, -0.1) is 22.7 Å². The number of nitrogens with zero attached hydrogens (tertiary/aromatic N) is 4. The molecule has 0 N–H and O–H groups in total. The maximum absolute atomic E-state index is 15.7. The number of rotatable bonds is 3. The lowest BCUT2D eigenvalue weighted by molar-refractivity contribution is -0.137. The minimum Gasteiger partial charge on any atom is -0.308 e. The molecule has 4 aromatic heterocycles. The Bertz CT molecular complexity index is 3710. The summed E-state index contributed by atoms with van der Waals surface area (Å²) in [5, 5.41) is 18.6. The van der Waals surface area contributed by atoms with E-state index < -0.39 is 11.7 Å². The first kappa shape index (κ1) is 34.6. The highest BCUT2D eigenvalue weighted by Gasteiger charge is 2.37. The summed E-state index contributed by atoms with van der Waals surface area (Å²) in [4.78, 5) is 3.79. The average Bonchev–Trinajstić information content (AvgIpc) is 4.02. The number of nitriles is 1. The molecule has 0 aliphatic carbocycles. The summed E-state index contributed by atoms with van der Waals surface area (Å²) in [6.45, 7) is 8.38. The van der Waals surface area contributed by atoms with E-state index in [2.05, 4.69) is 59.4 Å². The highest BCUT2D eigenvalue weighted by molar-refractivity contribution is 7.26. The summed E-state index contributed by atoms with van der Waals surface area (Å²) in [7, 11) is 0. The van der Waals surface area contributed by atoms with Gasteiger partial charge in [-0.1, -0.05) is 103 Å². The quantitative estimate of drug-likeness (QED) is 0.164. The van der Waals surface area contributed by atoms with Crippen LogP contribution < -0.4 is 0 Å². The molecule has 0 aliphatic heterocycles. The zero-order valence-electron chi connectivity index (χ0n) is 31.2. The lowest BCUT2D eigenvalue weighted by Crippen LogP contribution is -2.11. The third kappa shape index (κ3) is 4.70. The van der Waals surface area contributed by atoms with Crippen molar-refractivity contribution in [3.8, 4) is 28.6 Å². The fourth-order valence-corrected chi connectivity index (χ4v) is 11.7. The molecule has 0 amide bonds. The summed E-state index contributed by atoms with van der Waals surface area (Å²) in [6, 6.07) is 50.1. The zero-order chi connectivity index (χ0) is 40.4. The van der Waals surface area contributed by atoms with Crippen molar-refractivity contribution in [1.29, 1.82) is 5.26 Å². The first-order valence-electron chi connectivity index (χ1n) is 19.2. The highest BCUT2D eigenvalue weighted by Crippen LogP contribution is 2.52. The Morgan fingerprint density at radius 2 is 1.00 bits per heavy atom. The Hall–Kier alpha value is -7.43. The van der Waals surface area contributed by atoms with E-state index in [1.54, 1.807) is 34.8 Å². The van der Waals surface area contributed by atoms with Crippen LogP contribution in [0.4, 0.5) is 18.9 Å². The van der Waals surface area contributed by atoms with Gasteiger partial charge in [-0.2, -0.15) is 18.4 Å². The Kier molecular flexibility index (Phi) is 7.23. The zero-order valence-corrected chi connectivity index (χ0v) is 32.8. The minimum absolute atomic E-state index is 0.143. The van der Waals surface area contributed by atoms with E-state index in [0.717, 1.165) is 90.0 Å². The van der Waals surface area contributed by atoms with E-state index in [1.165, 1.54) is 12.1 Å². The summed E-state index contributed by atoms with van der Waals surface area (Å²) >= 11 is 3.32. The van der Waals surface area contributed by atoms with Gasteiger partial charge in [0.2, 0.25) is 0 Å². The van der Waals surface area contributed by atoms with Crippen LogP contribution in [0.5, 0.6) is 0 Å². The van der Waals surface area contributed by atoms with Gasteiger partial charge >= 0.3 is 6.18 Å². The standard InChI is InChI=1S/C51H25F3N4S2/c1-56-36-16-10-15-35(51(52,53)54)47(36)48-39(57-37-17-6-2-11-29(37)31-21-23-43-45(49(31)57)33-13-4-8-19-41(33)59-43)25-28(27-55)26-40(48)58-38-18-7-3-12-30(38)32-22-24-44-46(50(32)58)34-14-5-9-20-42(34)60-44/h2-26H. The number of para-hydroxylation sites is 2. The maximum Gasteiger partial charge on any atom is 0.415 e. The number of benzene rings is 8. The first-order chi connectivity index (χ1) is 29.3. The second-order valence-electron chi connectivity index (χ2n) is 14.9. The van der Waals surface area contributed by atoms with Gasteiger partial charge in [0.1, 0.15) is 0 Å². The highest BCUT2D eigenvalue weighted by atomic mass is 32.1. The van der Waals surface area contributed by atoms with Gasteiger partial charge in [0.05, 0.1) is 57.2 Å². The lowest BCUT2D eigenvalue weighted by Gasteiger charge is -2.24. The fraction of sp³-hybridized carbons (Fsp3) is 0.0196. The minimum atomic E-state index is -4.83. The summed E-state index contributed by atoms with van der Waals surface area (Å²) in [5.74, 6) is 0. The summed E-state index contributed by atoms with van der Waals surface area (Å²) in [5.41, 5.74) is 3.05. The number of thiophene rings is 2. The van der Waals surface area contributed by atoms with Gasteiger partial charge in [-0.05, 0) is 48.5 Å².